The molecule has 0 bridgehead atoms. The molecule has 7 nitrogen and oxygen atoms in total. The summed E-state index contributed by atoms with van der Waals surface area (Å²) in [5.74, 6) is -0.569. The van der Waals surface area contributed by atoms with Crippen molar-refractivity contribution < 1.29 is 33.6 Å². The molecule has 28 heavy (non-hydrogen) atoms. The Morgan fingerprint density at radius 3 is 2.39 bits per heavy atom. The lowest BCUT2D eigenvalue weighted by molar-refractivity contribution is -0.357. The predicted octanol–water partition coefficient (Wildman–Crippen LogP) is 2.06. The van der Waals surface area contributed by atoms with Crippen LogP contribution in [-0.4, -0.2) is 55.5 Å². The maximum Gasteiger partial charge on any atom is 0.338 e. The molecular weight excluding hydrogens is 364 g/mol. The number of ether oxygens (including phenoxy) is 5. The lowest BCUT2D eigenvalue weighted by Crippen LogP contribution is -2.63. The number of hydrogen-bond acceptors (Lipinski definition) is 7. The second-order valence-corrected chi connectivity index (χ2v) is 6.68. The van der Waals surface area contributed by atoms with Gasteiger partial charge in [-0.1, -0.05) is 48.5 Å². The van der Waals surface area contributed by atoms with Crippen molar-refractivity contribution in [1.82, 2.24) is 0 Å². The van der Waals surface area contributed by atoms with Gasteiger partial charge in [0.25, 0.3) is 0 Å². The van der Waals surface area contributed by atoms with E-state index < -0.39 is 43.0 Å². The van der Waals surface area contributed by atoms with Gasteiger partial charge in [0.05, 0.1) is 12.2 Å². The van der Waals surface area contributed by atoms with Gasteiger partial charge in [0.15, 0.2) is 18.7 Å². The molecule has 1 N–H and O–H groups in total. The van der Waals surface area contributed by atoms with Crippen molar-refractivity contribution in [3.63, 3.8) is 0 Å². The zero-order valence-corrected chi connectivity index (χ0v) is 15.3. The van der Waals surface area contributed by atoms with E-state index in [1.807, 2.05) is 30.3 Å². The summed E-state index contributed by atoms with van der Waals surface area (Å²) in [6, 6.07) is 18.0. The highest BCUT2D eigenvalue weighted by atomic mass is 16.8. The highest BCUT2D eigenvalue weighted by molar-refractivity contribution is 5.89. The first-order valence-electron chi connectivity index (χ1n) is 9.11. The SMILES string of the molecule is CO[C@H]1O[C@@H]2COC(c3ccccc3)O[C@H]2[C@H](O)[C@@H]1OC(=O)c1ccccc1. The van der Waals surface area contributed by atoms with Crippen LogP contribution in [0, 0.1) is 0 Å². The van der Waals surface area contributed by atoms with Crippen LogP contribution in [0.3, 0.4) is 0 Å². The number of rotatable bonds is 4. The van der Waals surface area contributed by atoms with Crippen LogP contribution in [-0.2, 0) is 23.7 Å². The zero-order chi connectivity index (χ0) is 19.5. The zero-order valence-electron chi connectivity index (χ0n) is 15.3. The fraction of sp³-hybridized carbons (Fsp3) is 0.381. The first-order valence-corrected chi connectivity index (χ1v) is 9.11. The number of aliphatic hydroxyl groups excluding tert-OH is 1. The highest BCUT2D eigenvalue weighted by Crippen LogP contribution is 2.35. The Bertz CT molecular complexity index is 782. The number of hydrogen-bond donors (Lipinski definition) is 1. The van der Waals surface area contributed by atoms with Crippen molar-refractivity contribution in [2.45, 2.75) is 37.0 Å². The Morgan fingerprint density at radius 1 is 1.04 bits per heavy atom. The van der Waals surface area contributed by atoms with E-state index in [4.69, 9.17) is 23.7 Å². The van der Waals surface area contributed by atoms with E-state index in [0.717, 1.165) is 5.56 Å². The number of carbonyl (C=O) groups is 1. The van der Waals surface area contributed by atoms with Gasteiger partial charge in [0, 0.05) is 12.7 Å². The number of carbonyl (C=O) groups excluding carboxylic acids is 1. The molecule has 2 aromatic carbocycles. The normalized spacial score (nSPS) is 32.4. The topological polar surface area (TPSA) is 83.5 Å². The van der Waals surface area contributed by atoms with Crippen molar-refractivity contribution in [2.24, 2.45) is 0 Å². The van der Waals surface area contributed by atoms with E-state index in [2.05, 4.69) is 0 Å². The molecule has 7 heteroatoms. The van der Waals surface area contributed by atoms with Crippen LogP contribution in [0.4, 0.5) is 0 Å². The fourth-order valence-corrected chi connectivity index (χ4v) is 3.43. The molecule has 2 saturated heterocycles. The largest absolute Gasteiger partial charge is 0.450 e. The van der Waals surface area contributed by atoms with Gasteiger partial charge in [-0.05, 0) is 12.1 Å². The number of esters is 1. The fourth-order valence-electron chi connectivity index (χ4n) is 3.43. The van der Waals surface area contributed by atoms with Crippen molar-refractivity contribution in [2.75, 3.05) is 13.7 Å². The smallest absolute Gasteiger partial charge is 0.338 e. The number of benzene rings is 2. The van der Waals surface area contributed by atoms with E-state index in [9.17, 15) is 9.90 Å². The predicted molar refractivity (Wildman–Crippen MR) is 97.3 cm³/mol. The molecular formula is C21H22O7. The van der Waals surface area contributed by atoms with Crippen LogP contribution in [0.1, 0.15) is 22.2 Å². The highest BCUT2D eigenvalue weighted by Gasteiger charge is 2.51. The molecule has 2 heterocycles. The molecule has 6 atom stereocenters. The molecule has 0 aliphatic carbocycles. The molecule has 1 unspecified atom stereocenters. The summed E-state index contributed by atoms with van der Waals surface area (Å²) < 4.78 is 28.4. The Labute approximate surface area is 162 Å². The van der Waals surface area contributed by atoms with Crippen molar-refractivity contribution in [1.29, 1.82) is 0 Å². The molecule has 2 aliphatic heterocycles. The van der Waals surface area contributed by atoms with Crippen LogP contribution < -0.4 is 0 Å². The maximum absolute atomic E-state index is 12.5. The summed E-state index contributed by atoms with van der Waals surface area (Å²) in [5.41, 5.74) is 1.21. The average Bonchev–Trinajstić information content (AvgIpc) is 2.76. The number of aliphatic hydroxyl groups is 1. The minimum Gasteiger partial charge on any atom is -0.450 e. The summed E-state index contributed by atoms with van der Waals surface area (Å²) in [6.07, 6.45) is -4.99. The van der Waals surface area contributed by atoms with Crippen molar-refractivity contribution >= 4 is 5.97 Å². The average molecular weight is 386 g/mol. The third-order valence-electron chi connectivity index (χ3n) is 4.87. The van der Waals surface area contributed by atoms with Crippen molar-refractivity contribution in [3.8, 4) is 0 Å². The van der Waals surface area contributed by atoms with E-state index >= 15 is 0 Å². The van der Waals surface area contributed by atoms with Crippen LogP contribution in [0.25, 0.3) is 0 Å². The molecule has 4 rings (SSSR count). The van der Waals surface area contributed by atoms with Gasteiger partial charge in [-0.15, -0.1) is 0 Å². The Kier molecular flexibility index (Phi) is 5.70. The molecule has 0 spiro atoms. The van der Waals surface area contributed by atoms with E-state index in [-0.39, 0.29) is 6.61 Å². The number of methoxy groups -OCH3 is 1. The van der Waals surface area contributed by atoms with Gasteiger partial charge in [0.1, 0.15) is 18.3 Å². The van der Waals surface area contributed by atoms with Crippen LogP contribution in [0.2, 0.25) is 0 Å². The second-order valence-electron chi connectivity index (χ2n) is 6.68. The number of fused-ring (bicyclic) bond motifs is 1. The quantitative estimate of drug-likeness (QED) is 0.806. The van der Waals surface area contributed by atoms with E-state index in [1.54, 1.807) is 30.3 Å². The molecule has 0 aromatic heterocycles. The molecule has 2 fully saturated rings. The Balaban J connectivity index is 1.50. The molecule has 148 valence electrons. The van der Waals surface area contributed by atoms with Crippen molar-refractivity contribution in [3.05, 3.63) is 71.8 Å². The van der Waals surface area contributed by atoms with E-state index in [1.165, 1.54) is 7.11 Å². The summed E-state index contributed by atoms with van der Waals surface area (Å²) in [6.45, 7) is 0.223. The summed E-state index contributed by atoms with van der Waals surface area (Å²) in [7, 11) is 1.43. The van der Waals surface area contributed by atoms with Gasteiger partial charge < -0.3 is 28.8 Å². The van der Waals surface area contributed by atoms with Gasteiger partial charge in [0.2, 0.25) is 0 Å². The lowest BCUT2D eigenvalue weighted by atomic mass is 9.97. The molecule has 0 radical (unpaired) electrons. The molecule has 0 amide bonds. The van der Waals surface area contributed by atoms with Crippen LogP contribution in [0.5, 0.6) is 0 Å². The van der Waals surface area contributed by atoms with Crippen LogP contribution in [0.15, 0.2) is 60.7 Å². The molecule has 2 aliphatic rings. The van der Waals surface area contributed by atoms with E-state index in [0.29, 0.717) is 5.56 Å². The summed E-state index contributed by atoms with van der Waals surface area (Å²) >= 11 is 0. The third-order valence-corrected chi connectivity index (χ3v) is 4.87. The summed E-state index contributed by atoms with van der Waals surface area (Å²) in [4.78, 5) is 12.5. The van der Waals surface area contributed by atoms with Gasteiger partial charge >= 0.3 is 5.97 Å². The second kappa shape index (κ2) is 8.38. The van der Waals surface area contributed by atoms with Gasteiger partial charge in [-0.3, -0.25) is 0 Å². The van der Waals surface area contributed by atoms with Gasteiger partial charge in [-0.25, -0.2) is 4.79 Å². The maximum atomic E-state index is 12.5. The third kappa shape index (κ3) is 3.80. The standard InChI is InChI=1S/C21H22O7/c1-24-21-18(27-19(23)13-8-4-2-5-9-13)16(22)17-15(26-21)12-25-20(28-17)14-10-6-3-7-11-14/h2-11,15-18,20-22H,12H2,1H3/t15-,16+,17-,18+,20?,21+/m1/s1. The minimum atomic E-state index is -1.13. The van der Waals surface area contributed by atoms with Gasteiger partial charge in [-0.2, -0.15) is 0 Å². The minimum absolute atomic E-state index is 0.223. The Hall–Kier alpha value is -2.29. The lowest BCUT2D eigenvalue weighted by Gasteiger charge is -2.46. The summed E-state index contributed by atoms with van der Waals surface area (Å²) in [5, 5.41) is 10.9. The first-order chi connectivity index (χ1) is 13.7. The molecule has 0 saturated carbocycles. The molecule has 2 aromatic rings. The Morgan fingerprint density at radius 2 is 1.71 bits per heavy atom. The first kappa shape index (κ1) is 19.0. The van der Waals surface area contributed by atoms with Crippen LogP contribution >= 0.6 is 0 Å². The monoisotopic (exact) mass is 386 g/mol.